The maximum absolute atomic E-state index is 9.49. The quantitative estimate of drug-likeness (QED) is 0.761. The summed E-state index contributed by atoms with van der Waals surface area (Å²) in [7, 11) is 0. The highest BCUT2D eigenvalue weighted by atomic mass is 16.3. The average Bonchev–Trinajstić information content (AvgIpc) is 2.72. The Morgan fingerprint density at radius 1 is 0.938 bits per heavy atom. The normalized spacial score (nSPS) is 13.4. The zero-order valence-electron chi connectivity index (χ0n) is 8.85. The Morgan fingerprint density at radius 3 is 2.69 bits per heavy atom. The van der Waals surface area contributed by atoms with Crippen molar-refractivity contribution in [1.29, 1.82) is 0 Å². The highest BCUT2D eigenvalue weighted by molar-refractivity contribution is 5.84. The van der Waals surface area contributed by atoms with Gasteiger partial charge in [-0.3, -0.25) is 0 Å². The second-order valence-electron chi connectivity index (χ2n) is 4.03. The molecule has 2 aromatic rings. The van der Waals surface area contributed by atoms with E-state index in [0.717, 1.165) is 12.0 Å². The molecule has 78 valence electrons. The molecule has 2 aromatic carbocycles. The third kappa shape index (κ3) is 1.41. The summed E-state index contributed by atoms with van der Waals surface area (Å²) < 4.78 is 0. The van der Waals surface area contributed by atoms with Gasteiger partial charge in [-0.15, -0.1) is 0 Å². The van der Waals surface area contributed by atoms with Gasteiger partial charge in [0, 0.05) is 0 Å². The summed E-state index contributed by atoms with van der Waals surface area (Å²) in [6.45, 7) is 0. The lowest BCUT2D eigenvalue weighted by Gasteiger charge is -2.06. The van der Waals surface area contributed by atoms with E-state index < -0.39 is 0 Å². The molecule has 1 aliphatic rings. The van der Waals surface area contributed by atoms with Crippen LogP contribution in [0.2, 0.25) is 0 Å². The average molecular weight is 208 g/mol. The Kier molecular flexibility index (Phi) is 2.03. The first-order chi connectivity index (χ1) is 7.84. The monoisotopic (exact) mass is 208 g/mol. The molecule has 1 aliphatic carbocycles. The number of rotatable bonds is 1. The number of allylic oxidation sites excluding steroid dienone is 1. The minimum atomic E-state index is 0.322. The van der Waals surface area contributed by atoms with Gasteiger partial charge >= 0.3 is 0 Å². The summed E-state index contributed by atoms with van der Waals surface area (Å²) in [6, 6.07) is 15.8. The standard InChI is InChI=1S/C15H12O/c16-13-6-3-5-12(10-13)15-9-8-11-4-1-2-7-14(11)15/h1-7,9-10,16H,8H2. The molecular weight excluding hydrogens is 196 g/mol. The molecule has 0 spiro atoms. The molecule has 1 heteroatoms. The molecule has 0 atom stereocenters. The van der Waals surface area contributed by atoms with E-state index in [9.17, 15) is 5.11 Å². The van der Waals surface area contributed by atoms with E-state index in [1.54, 1.807) is 6.07 Å². The van der Waals surface area contributed by atoms with Crippen LogP contribution >= 0.6 is 0 Å². The van der Waals surface area contributed by atoms with Gasteiger partial charge in [0.25, 0.3) is 0 Å². The van der Waals surface area contributed by atoms with Gasteiger partial charge in [-0.1, -0.05) is 42.5 Å². The highest BCUT2D eigenvalue weighted by Crippen LogP contribution is 2.33. The summed E-state index contributed by atoms with van der Waals surface area (Å²) in [6.07, 6.45) is 3.21. The summed E-state index contributed by atoms with van der Waals surface area (Å²) in [5.41, 5.74) is 4.96. The topological polar surface area (TPSA) is 20.2 Å². The number of hydrogen-bond donors (Lipinski definition) is 1. The van der Waals surface area contributed by atoms with E-state index in [2.05, 4.69) is 30.3 Å². The minimum Gasteiger partial charge on any atom is -0.508 e. The zero-order valence-corrected chi connectivity index (χ0v) is 8.85. The Hall–Kier alpha value is -2.02. The van der Waals surface area contributed by atoms with Crippen LogP contribution in [0.15, 0.2) is 54.6 Å². The molecule has 0 heterocycles. The number of hydrogen-bond acceptors (Lipinski definition) is 1. The molecule has 0 bridgehead atoms. The molecule has 0 unspecified atom stereocenters. The molecule has 3 rings (SSSR count). The molecule has 0 aliphatic heterocycles. The van der Waals surface area contributed by atoms with E-state index >= 15 is 0 Å². The zero-order chi connectivity index (χ0) is 11.0. The van der Waals surface area contributed by atoms with Gasteiger partial charge in [-0.25, -0.2) is 0 Å². The smallest absolute Gasteiger partial charge is 0.116 e. The Labute approximate surface area is 94.7 Å². The van der Waals surface area contributed by atoms with E-state index in [0.29, 0.717) is 5.75 Å². The summed E-state index contributed by atoms with van der Waals surface area (Å²) in [5, 5.41) is 9.49. The largest absolute Gasteiger partial charge is 0.508 e. The lowest BCUT2D eigenvalue weighted by atomic mass is 9.99. The highest BCUT2D eigenvalue weighted by Gasteiger charge is 2.14. The van der Waals surface area contributed by atoms with Gasteiger partial charge in [0.05, 0.1) is 0 Å². The van der Waals surface area contributed by atoms with E-state index in [-0.39, 0.29) is 0 Å². The number of fused-ring (bicyclic) bond motifs is 1. The van der Waals surface area contributed by atoms with Crippen LogP contribution in [0, 0.1) is 0 Å². The SMILES string of the molecule is Oc1cccc(C2=CCc3ccccc32)c1. The first-order valence-electron chi connectivity index (χ1n) is 5.42. The van der Waals surface area contributed by atoms with Crippen molar-refractivity contribution in [3.8, 4) is 5.75 Å². The van der Waals surface area contributed by atoms with Crippen LogP contribution in [0.5, 0.6) is 5.75 Å². The second-order valence-corrected chi connectivity index (χ2v) is 4.03. The van der Waals surface area contributed by atoms with Gasteiger partial charge in [-0.05, 0) is 40.8 Å². The fourth-order valence-corrected chi connectivity index (χ4v) is 2.23. The molecule has 1 nitrogen and oxygen atoms in total. The molecule has 0 amide bonds. The Morgan fingerprint density at radius 2 is 1.81 bits per heavy atom. The number of phenols is 1. The van der Waals surface area contributed by atoms with Gasteiger partial charge in [0.1, 0.15) is 5.75 Å². The number of benzene rings is 2. The number of phenolic OH excluding ortho intramolecular Hbond substituents is 1. The third-order valence-electron chi connectivity index (χ3n) is 2.99. The van der Waals surface area contributed by atoms with E-state index in [1.165, 1.54) is 16.7 Å². The van der Waals surface area contributed by atoms with Gasteiger partial charge in [-0.2, -0.15) is 0 Å². The lowest BCUT2D eigenvalue weighted by Crippen LogP contribution is -1.86. The number of aromatic hydroxyl groups is 1. The van der Waals surface area contributed by atoms with E-state index in [1.807, 2.05) is 18.2 Å². The predicted molar refractivity (Wildman–Crippen MR) is 65.3 cm³/mol. The molecule has 0 saturated carbocycles. The van der Waals surface area contributed by atoms with Crippen LogP contribution < -0.4 is 0 Å². The minimum absolute atomic E-state index is 0.322. The van der Waals surface area contributed by atoms with Gasteiger partial charge in [0.2, 0.25) is 0 Å². The first kappa shape index (κ1) is 9.22. The van der Waals surface area contributed by atoms with Crippen molar-refractivity contribution in [2.45, 2.75) is 6.42 Å². The first-order valence-corrected chi connectivity index (χ1v) is 5.42. The van der Waals surface area contributed by atoms with Crippen LogP contribution in [-0.2, 0) is 6.42 Å². The maximum Gasteiger partial charge on any atom is 0.116 e. The van der Waals surface area contributed by atoms with Crippen molar-refractivity contribution in [3.05, 3.63) is 71.3 Å². The van der Waals surface area contributed by atoms with Crippen LogP contribution in [0.4, 0.5) is 0 Å². The second kappa shape index (κ2) is 3.53. The molecule has 16 heavy (non-hydrogen) atoms. The van der Waals surface area contributed by atoms with Crippen molar-refractivity contribution in [1.82, 2.24) is 0 Å². The molecule has 0 aromatic heterocycles. The molecular formula is C15H12O. The fraction of sp³-hybridized carbons (Fsp3) is 0.0667. The van der Waals surface area contributed by atoms with Crippen LogP contribution in [0.1, 0.15) is 16.7 Å². The summed E-state index contributed by atoms with van der Waals surface area (Å²) in [4.78, 5) is 0. The van der Waals surface area contributed by atoms with Crippen molar-refractivity contribution >= 4 is 5.57 Å². The van der Waals surface area contributed by atoms with Crippen molar-refractivity contribution < 1.29 is 5.11 Å². The van der Waals surface area contributed by atoms with Gasteiger partial charge < -0.3 is 5.11 Å². The van der Waals surface area contributed by atoms with Gasteiger partial charge in [0.15, 0.2) is 0 Å². The third-order valence-corrected chi connectivity index (χ3v) is 2.99. The predicted octanol–water partition coefficient (Wildman–Crippen LogP) is 3.38. The van der Waals surface area contributed by atoms with Crippen molar-refractivity contribution in [3.63, 3.8) is 0 Å². The van der Waals surface area contributed by atoms with Crippen LogP contribution in [0.25, 0.3) is 5.57 Å². The van der Waals surface area contributed by atoms with Crippen molar-refractivity contribution in [2.75, 3.05) is 0 Å². The molecule has 0 fully saturated rings. The molecule has 1 N–H and O–H groups in total. The summed E-state index contributed by atoms with van der Waals surface area (Å²) in [5.74, 6) is 0.322. The van der Waals surface area contributed by atoms with Crippen molar-refractivity contribution in [2.24, 2.45) is 0 Å². The van der Waals surface area contributed by atoms with Crippen LogP contribution in [-0.4, -0.2) is 5.11 Å². The van der Waals surface area contributed by atoms with Crippen LogP contribution in [0.3, 0.4) is 0 Å². The fourth-order valence-electron chi connectivity index (χ4n) is 2.23. The maximum atomic E-state index is 9.49. The summed E-state index contributed by atoms with van der Waals surface area (Å²) >= 11 is 0. The Bertz CT molecular complexity index is 567. The molecule has 0 saturated heterocycles. The molecule has 0 radical (unpaired) electrons. The van der Waals surface area contributed by atoms with E-state index in [4.69, 9.17) is 0 Å². The Balaban J connectivity index is 2.11. The lowest BCUT2D eigenvalue weighted by molar-refractivity contribution is 0.475.